The summed E-state index contributed by atoms with van der Waals surface area (Å²) in [6.45, 7) is 27.6. The second-order valence-corrected chi connectivity index (χ2v) is 9.05. The number of thiophene rings is 1. The Balaban J connectivity index is 0.000000723. The molecule has 0 spiro atoms. The van der Waals surface area contributed by atoms with Crippen LogP contribution in [0.25, 0.3) is 27.7 Å². The number of nitrogens with zero attached hydrogens (tertiary/aromatic N) is 2. The van der Waals surface area contributed by atoms with E-state index >= 15 is 0 Å². The zero-order valence-corrected chi connectivity index (χ0v) is 24.2. The first-order valence-electron chi connectivity index (χ1n) is 11.9. The first-order chi connectivity index (χ1) is 15.7. The van der Waals surface area contributed by atoms with Gasteiger partial charge in [0.15, 0.2) is 6.54 Å². The maximum Gasteiger partial charge on any atom is 2.00 e. The van der Waals surface area contributed by atoms with Gasteiger partial charge in [0, 0.05) is 22.4 Å². The molecule has 177 valence electrons. The van der Waals surface area contributed by atoms with E-state index in [0.29, 0.717) is 8.19 Å². The second-order valence-electron chi connectivity index (χ2n) is 6.79. The Hall–Kier alpha value is -1.29. The van der Waals surface area contributed by atoms with Crippen LogP contribution in [-0.4, -0.2) is 23.7 Å². The molecule has 3 unspecified atom stereocenters. The molecule has 3 nitrogen and oxygen atoms in total. The molecule has 0 amide bonds. The summed E-state index contributed by atoms with van der Waals surface area (Å²) in [6, 6.07) is 0. The molecule has 2 aromatic rings. The van der Waals surface area contributed by atoms with Crippen molar-refractivity contribution in [2.45, 2.75) is 73.1 Å². The summed E-state index contributed by atoms with van der Waals surface area (Å²) >= 11 is 1.83. The third-order valence-corrected chi connectivity index (χ3v) is 8.37. The largest absolute Gasteiger partial charge is 2.00 e. The van der Waals surface area contributed by atoms with Crippen molar-refractivity contribution in [3.63, 3.8) is 0 Å². The van der Waals surface area contributed by atoms with Crippen LogP contribution in [0.5, 0.6) is 0 Å². The Morgan fingerprint density at radius 2 is 1.85 bits per heavy atom. The summed E-state index contributed by atoms with van der Waals surface area (Å²) in [6.07, 6.45) is 13.6. The third kappa shape index (κ3) is 5.69. The fraction of sp³-hybridized carbons (Fsp3) is 0.444. The molecule has 0 bridgehead atoms. The van der Waals surface area contributed by atoms with Crippen molar-refractivity contribution in [1.29, 1.82) is 0 Å². The summed E-state index contributed by atoms with van der Waals surface area (Å²) < 4.78 is 8.93. The first kappa shape index (κ1) is 29.7. The smallest absolute Gasteiger partial charge is 0.568 e. The van der Waals surface area contributed by atoms with E-state index in [1.165, 1.54) is 31.4 Å². The summed E-state index contributed by atoms with van der Waals surface area (Å²) in [7, 11) is 0.643. The number of ether oxygens (including phenoxy) is 1. The third-order valence-electron chi connectivity index (χ3n) is 5.41. The van der Waals surface area contributed by atoms with Crippen LogP contribution in [-0.2, 0) is 29.8 Å². The second kappa shape index (κ2) is 14.2. The van der Waals surface area contributed by atoms with E-state index in [4.69, 9.17) is 11.3 Å². The molecule has 0 aromatic carbocycles. The number of rotatable bonds is 3. The monoisotopic (exact) mass is 520 g/mol. The fourth-order valence-corrected chi connectivity index (χ4v) is 7.30. The quantitative estimate of drug-likeness (QED) is 0.308. The van der Waals surface area contributed by atoms with Crippen molar-refractivity contribution >= 4 is 47.2 Å². The Morgan fingerprint density at radius 3 is 2.45 bits per heavy atom. The predicted molar refractivity (Wildman–Crippen MR) is 144 cm³/mol. The molecule has 0 N–H and O–H groups in total. The zero-order chi connectivity index (χ0) is 23.8. The molecule has 1 radical (unpaired) electrons. The van der Waals surface area contributed by atoms with Gasteiger partial charge in [0.1, 0.15) is 0 Å². The molecular weight excluding hydrogens is 482 g/mol. The molecule has 2 aromatic heterocycles. The summed E-state index contributed by atoms with van der Waals surface area (Å²) in [5.74, 6) is 0. The number of fused-ring (bicyclic) bond motifs is 6. The van der Waals surface area contributed by atoms with Crippen LogP contribution in [0, 0.1) is 12.8 Å². The predicted octanol–water partition coefficient (Wildman–Crippen LogP) is 7.48. The van der Waals surface area contributed by atoms with Crippen LogP contribution in [0.3, 0.4) is 0 Å². The fourth-order valence-electron chi connectivity index (χ4n) is 4.15. The van der Waals surface area contributed by atoms with Crippen LogP contribution in [0.1, 0.15) is 70.3 Å². The molecule has 0 saturated carbocycles. The molecule has 0 fully saturated rings. The summed E-state index contributed by atoms with van der Waals surface area (Å²) in [4.78, 5) is 4.52. The van der Waals surface area contributed by atoms with Crippen molar-refractivity contribution in [3.8, 4) is 0 Å². The van der Waals surface area contributed by atoms with E-state index in [2.05, 4.69) is 30.0 Å². The molecular formula is C27H38N2OPSV+. The van der Waals surface area contributed by atoms with Gasteiger partial charge in [-0.05, 0) is 21.2 Å². The normalized spacial score (nSPS) is 19.9. The van der Waals surface area contributed by atoms with Gasteiger partial charge in [0.25, 0.3) is 4.83 Å². The van der Waals surface area contributed by atoms with Crippen molar-refractivity contribution in [2.75, 3.05) is 6.54 Å². The number of hydrogen-bond acceptors (Lipinski definition) is 3. The number of aryl methyl sites for hydroxylation is 1. The van der Waals surface area contributed by atoms with Crippen molar-refractivity contribution in [2.24, 2.45) is 0 Å². The SMILES string of the molecule is CC.CC.CC.[CH-]=CN1[C-]=C2C=C3c4[pH]c5c(C=C)c(C=C)sc5[n+]4CCC3OC2CC1.[V+2]. The van der Waals surface area contributed by atoms with Crippen molar-refractivity contribution < 1.29 is 27.9 Å². The minimum absolute atomic E-state index is 0. The molecule has 3 aliphatic rings. The number of hydrogen-bond donors (Lipinski definition) is 0. The molecule has 0 saturated heterocycles. The van der Waals surface area contributed by atoms with E-state index in [-0.39, 0.29) is 30.8 Å². The molecule has 5 heterocycles. The van der Waals surface area contributed by atoms with Crippen molar-refractivity contribution in [1.82, 2.24) is 4.90 Å². The minimum atomic E-state index is 0. The molecule has 6 heteroatoms. The average Bonchev–Trinajstić information content (AvgIpc) is 3.41. The van der Waals surface area contributed by atoms with Gasteiger partial charge in [-0.2, -0.15) is 4.57 Å². The van der Waals surface area contributed by atoms with Crippen molar-refractivity contribution in [3.05, 3.63) is 59.7 Å². The van der Waals surface area contributed by atoms with Crippen LogP contribution < -0.4 is 4.57 Å². The van der Waals surface area contributed by atoms with E-state index in [0.717, 1.165) is 31.5 Å². The molecule has 0 aliphatic carbocycles. The van der Waals surface area contributed by atoms with Gasteiger partial charge in [-0.25, -0.2) is 0 Å². The topological polar surface area (TPSA) is 16.4 Å². The molecule has 33 heavy (non-hydrogen) atoms. The molecule has 3 aliphatic heterocycles. The van der Waals surface area contributed by atoms with Gasteiger partial charge in [-0.1, -0.05) is 84.4 Å². The molecule has 3 atom stereocenters. The van der Waals surface area contributed by atoms with E-state index < -0.39 is 0 Å². The number of aromatic nitrogens is 1. The van der Waals surface area contributed by atoms with Crippen LogP contribution in [0.15, 0.2) is 31.0 Å². The Bertz CT molecular complexity index is 1020. The average molecular weight is 521 g/mol. The van der Waals surface area contributed by atoms with E-state index in [1.54, 1.807) is 6.20 Å². The van der Waals surface area contributed by atoms with Crippen LogP contribution in [0.2, 0.25) is 0 Å². The first-order valence-corrected chi connectivity index (χ1v) is 13.7. The Morgan fingerprint density at radius 1 is 1.15 bits per heavy atom. The van der Waals surface area contributed by atoms with Gasteiger partial charge >= 0.3 is 18.6 Å². The maximum atomic E-state index is 6.45. The maximum absolute atomic E-state index is 6.45. The minimum Gasteiger partial charge on any atom is -0.568 e. The standard InChI is InChI=1S/C21H20N2OPS.3C2H6.V/c1-4-14-18(5-2)26-21-19(14)25-20-15-11-13-12-22(6-3)9-7-16(13)24-17(15)8-10-23(20)21;3*1-2;/h3-6,11,16-17,25H,1-2,7-10H2;3*1-2H3;/q-1;;;;+2. The van der Waals surface area contributed by atoms with Gasteiger partial charge < -0.3 is 16.2 Å². The van der Waals surface area contributed by atoms with E-state index in [1.807, 2.05) is 69.9 Å². The molecule has 5 rings (SSSR count). The van der Waals surface area contributed by atoms with Gasteiger partial charge in [0.2, 0.25) is 5.43 Å². The van der Waals surface area contributed by atoms with Gasteiger partial charge in [-0.15, -0.1) is 11.6 Å². The van der Waals surface area contributed by atoms with Gasteiger partial charge in [-0.3, -0.25) is 6.20 Å². The summed E-state index contributed by atoms with van der Waals surface area (Å²) in [5.41, 5.74) is 5.10. The van der Waals surface area contributed by atoms with Gasteiger partial charge in [0.05, 0.1) is 17.3 Å². The zero-order valence-electron chi connectivity index (χ0n) is 20.9. The van der Waals surface area contributed by atoms with Crippen LogP contribution >= 0.6 is 19.5 Å². The Labute approximate surface area is 218 Å². The van der Waals surface area contributed by atoms with E-state index in [9.17, 15) is 0 Å². The Kier molecular flexibility index (Phi) is 12.8. The summed E-state index contributed by atoms with van der Waals surface area (Å²) in [5, 5.41) is 1.41. The van der Waals surface area contributed by atoms with Crippen LogP contribution in [0.4, 0.5) is 0 Å².